The maximum atomic E-state index is 10.6. The third-order valence-electron chi connectivity index (χ3n) is 2.18. The fourth-order valence-corrected chi connectivity index (χ4v) is 2.11. The molecule has 2 N–H and O–H groups in total. The zero-order valence-corrected chi connectivity index (χ0v) is 9.90. The van der Waals surface area contributed by atoms with Crippen LogP contribution in [0.3, 0.4) is 0 Å². The first kappa shape index (κ1) is 11.6. The highest BCUT2D eigenvalue weighted by atomic mass is 32.1. The zero-order chi connectivity index (χ0) is 12.3. The van der Waals surface area contributed by atoms with Crippen LogP contribution in [0.4, 0.5) is 6.01 Å². The standard InChI is InChI=1S/C10H11N3O3S/c1-2-6(8-11-3-4-17-8)12-10-13-7(5-16-10)9(14)15/h3-6H,2H2,1H3,(H,12,13)(H,14,15). The van der Waals surface area contributed by atoms with Crippen molar-refractivity contribution in [2.75, 3.05) is 5.32 Å². The van der Waals surface area contributed by atoms with Gasteiger partial charge in [-0.3, -0.25) is 0 Å². The molecule has 0 bridgehead atoms. The smallest absolute Gasteiger partial charge is 0.357 e. The van der Waals surface area contributed by atoms with Gasteiger partial charge in [-0.2, -0.15) is 4.98 Å². The molecule has 0 aromatic carbocycles. The quantitative estimate of drug-likeness (QED) is 0.850. The summed E-state index contributed by atoms with van der Waals surface area (Å²) < 4.78 is 5.03. The van der Waals surface area contributed by atoms with Gasteiger partial charge in [0.05, 0.1) is 6.04 Å². The number of rotatable bonds is 5. The summed E-state index contributed by atoms with van der Waals surface area (Å²) in [6.45, 7) is 2.00. The molecule has 0 aliphatic rings. The third kappa shape index (κ3) is 2.62. The van der Waals surface area contributed by atoms with Gasteiger partial charge < -0.3 is 14.8 Å². The molecule has 0 saturated carbocycles. The van der Waals surface area contributed by atoms with Crippen molar-refractivity contribution in [2.45, 2.75) is 19.4 Å². The molecule has 0 aliphatic heterocycles. The molecule has 0 radical (unpaired) electrons. The topological polar surface area (TPSA) is 88.2 Å². The van der Waals surface area contributed by atoms with Gasteiger partial charge in [-0.1, -0.05) is 6.92 Å². The molecule has 6 nitrogen and oxygen atoms in total. The van der Waals surface area contributed by atoms with Crippen molar-refractivity contribution < 1.29 is 14.3 Å². The minimum absolute atomic E-state index is 0.0182. The number of oxazole rings is 1. The molecule has 90 valence electrons. The average Bonchev–Trinajstić information content (AvgIpc) is 2.96. The Hall–Kier alpha value is -1.89. The van der Waals surface area contributed by atoms with Gasteiger partial charge in [0.2, 0.25) is 0 Å². The highest BCUT2D eigenvalue weighted by Crippen LogP contribution is 2.23. The van der Waals surface area contributed by atoms with E-state index in [0.717, 1.165) is 17.7 Å². The van der Waals surface area contributed by atoms with Gasteiger partial charge in [0.1, 0.15) is 11.3 Å². The summed E-state index contributed by atoms with van der Waals surface area (Å²) in [5.74, 6) is -1.11. The molecule has 0 saturated heterocycles. The largest absolute Gasteiger partial charge is 0.476 e. The number of carboxylic acids is 1. The van der Waals surface area contributed by atoms with Gasteiger partial charge in [0.15, 0.2) is 5.69 Å². The number of carboxylic acid groups (broad SMARTS) is 1. The number of anilines is 1. The second-order valence-electron chi connectivity index (χ2n) is 3.32. The van der Waals surface area contributed by atoms with Crippen LogP contribution in [0.1, 0.15) is 34.9 Å². The fourth-order valence-electron chi connectivity index (χ4n) is 1.33. The van der Waals surface area contributed by atoms with Crippen LogP contribution in [-0.4, -0.2) is 21.0 Å². The average molecular weight is 253 g/mol. The Bertz CT molecular complexity index is 495. The van der Waals surface area contributed by atoms with Crippen molar-refractivity contribution in [3.63, 3.8) is 0 Å². The van der Waals surface area contributed by atoms with E-state index in [1.54, 1.807) is 6.20 Å². The van der Waals surface area contributed by atoms with Gasteiger partial charge >= 0.3 is 5.97 Å². The predicted octanol–water partition coefficient (Wildman–Crippen LogP) is 2.39. The molecule has 0 amide bonds. The molecule has 2 heterocycles. The lowest BCUT2D eigenvalue weighted by molar-refractivity contribution is 0.0690. The van der Waals surface area contributed by atoms with Crippen LogP contribution in [0.2, 0.25) is 0 Å². The molecular formula is C10H11N3O3S. The van der Waals surface area contributed by atoms with Crippen LogP contribution >= 0.6 is 11.3 Å². The molecule has 17 heavy (non-hydrogen) atoms. The number of aromatic carboxylic acids is 1. The van der Waals surface area contributed by atoms with E-state index in [4.69, 9.17) is 9.52 Å². The molecule has 2 aromatic heterocycles. The van der Waals surface area contributed by atoms with E-state index in [0.29, 0.717) is 0 Å². The van der Waals surface area contributed by atoms with Crippen molar-refractivity contribution in [1.29, 1.82) is 0 Å². The van der Waals surface area contributed by atoms with Gasteiger partial charge in [0.25, 0.3) is 6.01 Å². The van der Waals surface area contributed by atoms with E-state index in [9.17, 15) is 4.79 Å². The molecule has 1 unspecified atom stereocenters. The molecule has 0 aliphatic carbocycles. The number of hydrogen-bond acceptors (Lipinski definition) is 6. The third-order valence-corrected chi connectivity index (χ3v) is 3.07. The van der Waals surface area contributed by atoms with Crippen molar-refractivity contribution in [3.8, 4) is 0 Å². The van der Waals surface area contributed by atoms with Crippen molar-refractivity contribution in [3.05, 3.63) is 28.5 Å². The van der Waals surface area contributed by atoms with Crippen LogP contribution in [0.15, 0.2) is 22.3 Å². The summed E-state index contributed by atoms with van der Waals surface area (Å²) in [5, 5.41) is 14.5. The van der Waals surface area contributed by atoms with Crippen molar-refractivity contribution >= 4 is 23.3 Å². The van der Waals surface area contributed by atoms with Crippen molar-refractivity contribution in [1.82, 2.24) is 9.97 Å². The Labute approximate surface area is 101 Å². The van der Waals surface area contributed by atoms with Gasteiger partial charge in [-0.25, -0.2) is 9.78 Å². The zero-order valence-electron chi connectivity index (χ0n) is 9.08. The summed E-state index contributed by atoms with van der Waals surface area (Å²) in [6, 6.07) is 0.180. The summed E-state index contributed by atoms with van der Waals surface area (Å²) in [4.78, 5) is 18.6. The maximum Gasteiger partial charge on any atom is 0.357 e. The molecular weight excluding hydrogens is 242 g/mol. The van der Waals surface area contributed by atoms with E-state index in [1.807, 2.05) is 12.3 Å². The van der Waals surface area contributed by atoms with E-state index in [-0.39, 0.29) is 17.8 Å². The normalized spacial score (nSPS) is 12.3. The fraction of sp³-hybridized carbons (Fsp3) is 0.300. The number of aromatic nitrogens is 2. The first-order valence-corrected chi connectivity index (χ1v) is 5.93. The Kier molecular flexibility index (Phi) is 3.38. The lowest BCUT2D eigenvalue weighted by Gasteiger charge is -2.11. The Balaban J connectivity index is 2.10. The lowest BCUT2D eigenvalue weighted by Crippen LogP contribution is -2.09. The summed E-state index contributed by atoms with van der Waals surface area (Å²) in [6.07, 6.45) is 3.64. The van der Waals surface area contributed by atoms with E-state index < -0.39 is 5.97 Å². The Morgan fingerprint density at radius 1 is 1.71 bits per heavy atom. The van der Waals surface area contributed by atoms with Crippen molar-refractivity contribution in [2.24, 2.45) is 0 Å². The molecule has 0 fully saturated rings. The second-order valence-corrected chi connectivity index (χ2v) is 4.24. The molecule has 1 atom stereocenters. The SMILES string of the molecule is CCC(Nc1nc(C(=O)O)co1)c1nccs1. The molecule has 0 spiro atoms. The Morgan fingerprint density at radius 2 is 2.53 bits per heavy atom. The number of carbonyl (C=O) groups is 1. The number of nitrogens with one attached hydrogen (secondary N) is 1. The van der Waals surface area contributed by atoms with Gasteiger partial charge in [0, 0.05) is 11.6 Å². The minimum Gasteiger partial charge on any atom is -0.476 e. The molecule has 7 heteroatoms. The first-order valence-electron chi connectivity index (χ1n) is 5.05. The molecule has 2 aromatic rings. The maximum absolute atomic E-state index is 10.6. The summed E-state index contributed by atoms with van der Waals surface area (Å²) >= 11 is 1.53. The van der Waals surface area contributed by atoms with Gasteiger partial charge in [-0.15, -0.1) is 11.3 Å². The second kappa shape index (κ2) is 4.96. The van der Waals surface area contributed by atoms with Crippen LogP contribution in [0.25, 0.3) is 0 Å². The molecule has 2 rings (SSSR count). The van der Waals surface area contributed by atoms with Gasteiger partial charge in [-0.05, 0) is 6.42 Å². The summed E-state index contributed by atoms with van der Waals surface area (Å²) in [7, 11) is 0. The van der Waals surface area contributed by atoms with E-state index in [1.165, 1.54) is 11.3 Å². The number of nitrogens with zero attached hydrogens (tertiary/aromatic N) is 2. The highest BCUT2D eigenvalue weighted by Gasteiger charge is 2.16. The van der Waals surface area contributed by atoms with Crippen LogP contribution in [-0.2, 0) is 0 Å². The monoisotopic (exact) mass is 253 g/mol. The van der Waals surface area contributed by atoms with Crippen LogP contribution < -0.4 is 5.32 Å². The van der Waals surface area contributed by atoms with Crippen LogP contribution in [0.5, 0.6) is 0 Å². The minimum atomic E-state index is -1.11. The first-order chi connectivity index (χ1) is 8.20. The predicted molar refractivity (Wildman–Crippen MR) is 62.2 cm³/mol. The summed E-state index contributed by atoms with van der Waals surface area (Å²) in [5.41, 5.74) is -0.110. The lowest BCUT2D eigenvalue weighted by atomic mass is 10.2. The number of thiazole rings is 1. The van der Waals surface area contributed by atoms with Crippen LogP contribution in [0, 0.1) is 0 Å². The van der Waals surface area contributed by atoms with E-state index >= 15 is 0 Å². The van der Waals surface area contributed by atoms with E-state index in [2.05, 4.69) is 15.3 Å². The Morgan fingerprint density at radius 3 is 3.06 bits per heavy atom. The highest BCUT2D eigenvalue weighted by molar-refractivity contribution is 7.09. The number of hydrogen-bond donors (Lipinski definition) is 2.